The molecule has 1 saturated heterocycles. The smallest absolute Gasteiger partial charge is 0.0213 e. The Morgan fingerprint density at radius 3 is 1.97 bits per heavy atom. The molecule has 1 fully saturated rings. The van der Waals surface area contributed by atoms with Gasteiger partial charge in [-0.25, -0.2) is 0 Å². The number of nitrogens with zero attached hydrogens (tertiary/aromatic N) is 1. The third-order valence-electron chi connectivity index (χ3n) is 6.87. The minimum absolute atomic E-state index is 0.237. The predicted octanol–water partition coefficient (Wildman–Crippen LogP) is 6.96. The fourth-order valence-electron chi connectivity index (χ4n) is 5.23. The van der Waals surface area contributed by atoms with Crippen molar-refractivity contribution < 1.29 is 0 Å². The van der Waals surface area contributed by atoms with Gasteiger partial charge < -0.3 is 4.90 Å². The van der Waals surface area contributed by atoms with Crippen molar-refractivity contribution in [1.82, 2.24) is 4.90 Å². The normalized spacial score (nSPS) is 23.7. The second-order valence-corrected chi connectivity index (χ2v) is 11.1. The minimum Gasteiger partial charge on any atom is -0.304 e. The van der Waals surface area contributed by atoms with E-state index >= 15 is 0 Å². The average Bonchev–Trinajstić information content (AvgIpc) is 3.22. The van der Waals surface area contributed by atoms with Crippen LogP contribution < -0.4 is 5.30 Å². The zero-order chi connectivity index (χ0) is 20.8. The third-order valence-corrected chi connectivity index (χ3v) is 10.5. The first-order valence-electron chi connectivity index (χ1n) is 11.5. The molecule has 0 radical (unpaired) electrons. The molecule has 0 bridgehead atoms. The molecule has 3 aromatic carbocycles. The van der Waals surface area contributed by atoms with Crippen molar-refractivity contribution in [3.63, 3.8) is 0 Å². The van der Waals surface area contributed by atoms with Crippen LogP contribution in [0.15, 0.2) is 91.0 Å². The SMILES string of the molecule is CCN(CC)CC[C@]1(c2ccccc2)CC[C@@H](c2ccccc2)P1c1ccccc1. The summed E-state index contributed by atoms with van der Waals surface area (Å²) in [5.41, 5.74) is 3.69. The summed E-state index contributed by atoms with van der Waals surface area (Å²) in [5, 5.41) is 1.79. The minimum atomic E-state index is -0.371. The van der Waals surface area contributed by atoms with Crippen LogP contribution in [0.2, 0.25) is 0 Å². The van der Waals surface area contributed by atoms with E-state index in [4.69, 9.17) is 0 Å². The summed E-state index contributed by atoms with van der Waals surface area (Å²) in [7, 11) is -0.371. The van der Waals surface area contributed by atoms with E-state index in [1.165, 1.54) is 31.4 Å². The van der Waals surface area contributed by atoms with Crippen LogP contribution in [0.25, 0.3) is 0 Å². The van der Waals surface area contributed by atoms with E-state index < -0.39 is 0 Å². The van der Waals surface area contributed by atoms with Gasteiger partial charge in [-0.15, -0.1) is 0 Å². The first-order chi connectivity index (χ1) is 14.8. The predicted molar refractivity (Wildman–Crippen MR) is 132 cm³/mol. The highest BCUT2D eigenvalue weighted by molar-refractivity contribution is 7.67. The average molecular weight is 416 g/mol. The zero-order valence-electron chi connectivity index (χ0n) is 18.4. The maximum atomic E-state index is 2.60. The summed E-state index contributed by atoms with van der Waals surface area (Å²) in [6.45, 7) is 8.02. The van der Waals surface area contributed by atoms with Crippen molar-refractivity contribution in [2.45, 2.75) is 43.9 Å². The Kier molecular flexibility index (Phi) is 7.03. The van der Waals surface area contributed by atoms with Crippen LogP contribution in [0.4, 0.5) is 0 Å². The summed E-state index contributed by atoms with van der Waals surface area (Å²) in [5.74, 6) is 0. The topological polar surface area (TPSA) is 3.24 Å². The van der Waals surface area contributed by atoms with Gasteiger partial charge in [-0.05, 0) is 55.3 Å². The van der Waals surface area contributed by atoms with Crippen molar-refractivity contribution in [3.05, 3.63) is 102 Å². The van der Waals surface area contributed by atoms with Gasteiger partial charge in [-0.2, -0.15) is 0 Å². The van der Waals surface area contributed by atoms with Crippen molar-refractivity contribution >= 4 is 13.2 Å². The number of rotatable bonds is 8. The van der Waals surface area contributed by atoms with Crippen LogP contribution >= 0.6 is 7.92 Å². The molecule has 0 N–H and O–H groups in total. The van der Waals surface area contributed by atoms with Crippen LogP contribution in [-0.2, 0) is 5.16 Å². The maximum absolute atomic E-state index is 2.60. The molecule has 156 valence electrons. The molecule has 0 spiro atoms. The Morgan fingerprint density at radius 1 is 0.800 bits per heavy atom. The quantitative estimate of drug-likeness (QED) is 0.360. The van der Waals surface area contributed by atoms with Gasteiger partial charge in [0.2, 0.25) is 0 Å². The Labute approximate surface area is 183 Å². The zero-order valence-corrected chi connectivity index (χ0v) is 19.3. The molecule has 1 unspecified atom stereocenters. The second-order valence-electron chi connectivity index (χ2n) is 8.35. The van der Waals surface area contributed by atoms with Crippen molar-refractivity contribution in [1.29, 1.82) is 0 Å². The summed E-state index contributed by atoms with van der Waals surface area (Å²) >= 11 is 0. The third kappa shape index (κ3) is 4.25. The van der Waals surface area contributed by atoms with Crippen LogP contribution in [0.1, 0.15) is 49.9 Å². The van der Waals surface area contributed by atoms with E-state index in [-0.39, 0.29) is 13.1 Å². The Balaban J connectivity index is 1.82. The molecule has 0 aliphatic carbocycles. The van der Waals surface area contributed by atoms with Crippen molar-refractivity contribution in [2.24, 2.45) is 0 Å². The Hall–Kier alpha value is -1.95. The van der Waals surface area contributed by atoms with Crippen molar-refractivity contribution in [3.8, 4) is 0 Å². The van der Waals surface area contributed by atoms with Gasteiger partial charge in [-0.3, -0.25) is 0 Å². The monoisotopic (exact) mass is 415 g/mol. The lowest BCUT2D eigenvalue weighted by Crippen LogP contribution is -2.32. The molecular weight excluding hydrogens is 381 g/mol. The van der Waals surface area contributed by atoms with Crippen molar-refractivity contribution in [2.75, 3.05) is 19.6 Å². The molecule has 0 saturated carbocycles. The Morgan fingerprint density at radius 2 is 1.37 bits per heavy atom. The van der Waals surface area contributed by atoms with Gasteiger partial charge in [0.25, 0.3) is 0 Å². The first-order valence-corrected chi connectivity index (χ1v) is 12.9. The van der Waals surface area contributed by atoms with E-state index in [0.29, 0.717) is 5.66 Å². The molecule has 2 heteroatoms. The summed E-state index contributed by atoms with van der Waals surface area (Å²) in [4.78, 5) is 2.60. The van der Waals surface area contributed by atoms with E-state index in [1.54, 1.807) is 10.9 Å². The lowest BCUT2D eigenvalue weighted by molar-refractivity contribution is 0.281. The van der Waals surface area contributed by atoms with Crippen LogP contribution in [-0.4, -0.2) is 24.5 Å². The molecule has 30 heavy (non-hydrogen) atoms. The van der Waals surface area contributed by atoms with Crippen LogP contribution in [0.3, 0.4) is 0 Å². The molecule has 3 atom stereocenters. The molecule has 0 aromatic heterocycles. The highest BCUT2D eigenvalue weighted by atomic mass is 31.1. The lowest BCUT2D eigenvalue weighted by atomic mass is 9.89. The second kappa shape index (κ2) is 9.90. The molecule has 0 amide bonds. The standard InChI is InChI=1S/C28H34NP/c1-3-29(4-2)23-22-28(25-16-10-6-11-17-25)21-20-27(24-14-8-5-9-15-24)30(28)26-18-12-7-13-19-26/h5-19,27H,3-4,20-23H2,1-2H3/t27-,28-,30?/m0/s1. The largest absolute Gasteiger partial charge is 0.304 e. The van der Waals surface area contributed by atoms with Gasteiger partial charge in [0, 0.05) is 10.8 Å². The first kappa shape index (κ1) is 21.3. The number of hydrogen-bond acceptors (Lipinski definition) is 1. The molecule has 1 aliphatic rings. The molecule has 1 nitrogen and oxygen atoms in total. The fraction of sp³-hybridized carbons (Fsp3) is 0.357. The van der Waals surface area contributed by atoms with E-state index in [0.717, 1.165) is 13.1 Å². The van der Waals surface area contributed by atoms with Gasteiger partial charge >= 0.3 is 0 Å². The summed E-state index contributed by atoms with van der Waals surface area (Å²) < 4.78 is 0. The number of hydrogen-bond donors (Lipinski definition) is 0. The number of benzene rings is 3. The van der Waals surface area contributed by atoms with Gasteiger partial charge in [0.1, 0.15) is 0 Å². The summed E-state index contributed by atoms with van der Waals surface area (Å²) in [6.07, 6.45) is 3.79. The van der Waals surface area contributed by atoms with Gasteiger partial charge in [0.15, 0.2) is 0 Å². The van der Waals surface area contributed by atoms with Crippen LogP contribution in [0.5, 0.6) is 0 Å². The highest BCUT2D eigenvalue weighted by Crippen LogP contribution is 2.73. The molecular formula is C28H34NP. The lowest BCUT2D eigenvalue weighted by Gasteiger charge is -2.40. The van der Waals surface area contributed by atoms with Gasteiger partial charge in [-0.1, -0.05) is 113 Å². The molecule has 3 aromatic rings. The van der Waals surface area contributed by atoms with E-state index in [1.807, 2.05) is 0 Å². The Bertz CT molecular complexity index is 892. The molecule has 4 rings (SSSR count). The van der Waals surface area contributed by atoms with Gasteiger partial charge in [0.05, 0.1) is 0 Å². The maximum Gasteiger partial charge on any atom is 0.0213 e. The molecule has 1 heterocycles. The summed E-state index contributed by atoms with van der Waals surface area (Å²) in [6, 6.07) is 34.1. The van der Waals surface area contributed by atoms with Crippen LogP contribution in [0, 0.1) is 0 Å². The van der Waals surface area contributed by atoms with E-state index in [2.05, 4.69) is 110 Å². The molecule has 1 aliphatic heterocycles. The fourth-order valence-corrected chi connectivity index (χ4v) is 9.17. The van der Waals surface area contributed by atoms with E-state index in [9.17, 15) is 0 Å². The highest BCUT2D eigenvalue weighted by Gasteiger charge is 2.49.